The third-order valence-electron chi connectivity index (χ3n) is 9.94. The number of anilines is 1. The van der Waals surface area contributed by atoms with Crippen LogP contribution in [0.15, 0.2) is 58.3 Å². The van der Waals surface area contributed by atoms with Crippen LogP contribution in [0.25, 0.3) is 0 Å². The number of carbonyl (C=O) groups is 4. The number of nitrogens with zero attached hydrogens (tertiary/aromatic N) is 2. The molecule has 4 heterocycles. The maximum atomic E-state index is 14.0. The molecular formula is C35H45N5O6S2. The Balaban J connectivity index is 1.17. The molecule has 4 aliphatic heterocycles. The summed E-state index contributed by atoms with van der Waals surface area (Å²) in [6.07, 6.45) is 1.17. The molecule has 6 atom stereocenters. The zero-order chi connectivity index (χ0) is 34.4. The van der Waals surface area contributed by atoms with Crippen LogP contribution in [0.1, 0.15) is 58.9 Å². The Hall–Kier alpha value is -2.94. The number of carbonyl (C=O) groups excluding carboxylic acids is 4. The van der Waals surface area contributed by atoms with Crippen molar-refractivity contribution in [3.05, 3.63) is 54.1 Å². The number of hydrogen-bond acceptors (Lipinski definition) is 10. The van der Waals surface area contributed by atoms with Crippen molar-refractivity contribution in [3.63, 3.8) is 0 Å². The second-order valence-corrected chi connectivity index (χ2v) is 16.7. The summed E-state index contributed by atoms with van der Waals surface area (Å²) in [4.78, 5) is 59.2. The number of rotatable bonds is 8. The van der Waals surface area contributed by atoms with Gasteiger partial charge in [0.15, 0.2) is 5.78 Å². The Morgan fingerprint density at radius 2 is 1.29 bits per heavy atom. The van der Waals surface area contributed by atoms with E-state index in [1.165, 1.54) is 26.5 Å². The Kier molecular flexibility index (Phi) is 10.0. The average Bonchev–Trinajstić information content (AvgIpc) is 3.36. The minimum atomic E-state index is -0.743. The topological polar surface area (TPSA) is 157 Å². The third-order valence-corrected chi connectivity index (χ3v) is 12.5. The summed E-state index contributed by atoms with van der Waals surface area (Å²) in [7, 11) is 2.96. The van der Waals surface area contributed by atoms with Gasteiger partial charge >= 0.3 is 0 Å². The van der Waals surface area contributed by atoms with Crippen molar-refractivity contribution in [2.75, 3.05) is 18.5 Å². The van der Waals surface area contributed by atoms with Gasteiger partial charge in [-0.15, -0.1) is 0 Å². The molecule has 3 amide bonds. The van der Waals surface area contributed by atoms with E-state index in [0.717, 1.165) is 15.4 Å². The van der Waals surface area contributed by atoms with Crippen LogP contribution in [0.3, 0.4) is 0 Å². The second-order valence-electron chi connectivity index (χ2n) is 14.5. The van der Waals surface area contributed by atoms with Crippen molar-refractivity contribution in [3.8, 4) is 0 Å². The van der Waals surface area contributed by atoms with Crippen molar-refractivity contribution in [2.24, 2.45) is 22.3 Å². The SMILES string of the molecule is CC1(C)C[C@@H]2OCC[C@H](N)C(=O)N2C1C(=O)Cc1ccccc1SSc1ccccc1NC(=O)C1N2C(=O)[C@@H](N)CCO[C@H]2CC1(C)C. The van der Waals surface area contributed by atoms with Gasteiger partial charge in [-0.3, -0.25) is 19.2 Å². The summed E-state index contributed by atoms with van der Waals surface area (Å²) in [6, 6.07) is 12.5. The number of nitrogens with one attached hydrogen (secondary N) is 1. The lowest BCUT2D eigenvalue weighted by molar-refractivity contribution is -0.147. The number of hydrogen-bond donors (Lipinski definition) is 3. The molecule has 2 aromatic carbocycles. The monoisotopic (exact) mass is 695 g/mol. The molecule has 4 fully saturated rings. The fraction of sp³-hybridized carbons (Fsp3) is 0.543. The number of fused-ring (bicyclic) bond motifs is 2. The van der Waals surface area contributed by atoms with E-state index in [1.54, 1.807) is 4.90 Å². The molecule has 48 heavy (non-hydrogen) atoms. The van der Waals surface area contributed by atoms with Crippen molar-refractivity contribution < 1.29 is 28.7 Å². The van der Waals surface area contributed by atoms with Gasteiger partial charge in [-0.1, -0.05) is 79.6 Å². The summed E-state index contributed by atoms with van der Waals surface area (Å²) in [5.41, 5.74) is 12.8. The molecule has 2 unspecified atom stereocenters. The first kappa shape index (κ1) is 34.9. The summed E-state index contributed by atoms with van der Waals surface area (Å²) in [5.74, 6) is -0.838. The average molecular weight is 696 g/mol. The highest BCUT2D eigenvalue weighted by Crippen LogP contribution is 2.46. The maximum Gasteiger partial charge on any atom is 0.247 e. The zero-order valence-corrected chi connectivity index (χ0v) is 29.5. The molecule has 0 bridgehead atoms. The lowest BCUT2D eigenvalue weighted by Crippen LogP contribution is -2.54. The van der Waals surface area contributed by atoms with Gasteiger partial charge in [0, 0.05) is 16.2 Å². The number of ether oxygens (including phenoxy) is 2. The molecule has 11 nitrogen and oxygen atoms in total. The van der Waals surface area contributed by atoms with E-state index in [4.69, 9.17) is 20.9 Å². The van der Waals surface area contributed by atoms with Gasteiger partial charge in [0.2, 0.25) is 17.7 Å². The van der Waals surface area contributed by atoms with Crippen molar-refractivity contribution in [1.29, 1.82) is 0 Å². The fourth-order valence-corrected chi connectivity index (χ4v) is 9.90. The van der Waals surface area contributed by atoms with Gasteiger partial charge in [-0.05, 0) is 60.3 Å². The smallest absolute Gasteiger partial charge is 0.247 e. The van der Waals surface area contributed by atoms with Gasteiger partial charge < -0.3 is 36.1 Å². The normalized spacial score (nSPS) is 29.5. The van der Waals surface area contributed by atoms with Crippen LogP contribution in [-0.4, -0.2) is 83.1 Å². The first-order chi connectivity index (χ1) is 22.8. The van der Waals surface area contributed by atoms with Crippen molar-refractivity contribution >= 4 is 50.8 Å². The van der Waals surface area contributed by atoms with Crippen LogP contribution < -0.4 is 16.8 Å². The molecule has 4 aliphatic rings. The van der Waals surface area contributed by atoms with E-state index in [9.17, 15) is 19.2 Å². The zero-order valence-electron chi connectivity index (χ0n) is 27.8. The highest BCUT2D eigenvalue weighted by Gasteiger charge is 2.55. The predicted molar refractivity (Wildman–Crippen MR) is 185 cm³/mol. The predicted octanol–water partition coefficient (Wildman–Crippen LogP) is 3.94. The molecule has 13 heteroatoms. The largest absolute Gasteiger partial charge is 0.358 e. The molecule has 6 rings (SSSR count). The molecule has 0 aromatic heterocycles. The van der Waals surface area contributed by atoms with Crippen molar-refractivity contribution in [2.45, 2.75) is 106 Å². The summed E-state index contributed by atoms with van der Waals surface area (Å²) >= 11 is 0. The minimum absolute atomic E-state index is 0.0523. The first-order valence-corrected chi connectivity index (χ1v) is 18.7. The Bertz CT molecular complexity index is 1470. The lowest BCUT2D eigenvalue weighted by atomic mass is 9.81. The maximum absolute atomic E-state index is 14.0. The molecule has 2 aromatic rings. The molecule has 0 spiro atoms. The molecule has 0 aliphatic carbocycles. The summed E-state index contributed by atoms with van der Waals surface area (Å²) in [6.45, 7) is 8.72. The Labute approximate surface area is 289 Å². The quantitative estimate of drug-likeness (QED) is 0.346. The Morgan fingerprint density at radius 3 is 1.92 bits per heavy atom. The van der Waals surface area contributed by atoms with Crippen LogP contribution in [0.2, 0.25) is 0 Å². The van der Waals surface area contributed by atoms with Gasteiger partial charge in [0.05, 0.1) is 37.0 Å². The molecule has 258 valence electrons. The van der Waals surface area contributed by atoms with Crippen LogP contribution in [0.4, 0.5) is 5.69 Å². The van der Waals surface area contributed by atoms with E-state index < -0.39 is 47.5 Å². The lowest BCUT2D eigenvalue weighted by Gasteiger charge is -2.33. The molecule has 4 saturated heterocycles. The van der Waals surface area contributed by atoms with Gasteiger partial charge in [-0.2, -0.15) is 0 Å². The van der Waals surface area contributed by atoms with Gasteiger partial charge in [0.25, 0.3) is 0 Å². The minimum Gasteiger partial charge on any atom is -0.358 e. The van der Waals surface area contributed by atoms with E-state index in [1.807, 2.05) is 76.2 Å². The number of amides is 3. The van der Waals surface area contributed by atoms with E-state index >= 15 is 0 Å². The van der Waals surface area contributed by atoms with Gasteiger partial charge in [0.1, 0.15) is 18.5 Å². The van der Waals surface area contributed by atoms with E-state index in [0.29, 0.717) is 44.6 Å². The summed E-state index contributed by atoms with van der Waals surface area (Å²) < 4.78 is 11.9. The third kappa shape index (κ3) is 6.77. The number of para-hydroxylation sites is 1. The van der Waals surface area contributed by atoms with E-state index in [2.05, 4.69) is 5.32 Å². The standard InChI is InChI=1S/C35H45N5O6S2/c1-34(2)18-27-39(32(43)21(36)13-15-45-27)29(34)24(41)17-20-9-5-7-11-25(20)47-48-26-12-8-6-10-23(26)38-31(42)30-35(3,4)19-28-40(30)33(44)22(37)14-16-46-28/h5-12,21-22,27-30H,13-19,36-37H2,1-4H3,(H,38,42)/t21-,22-,27-,28-,29?,30?/m0/s1. The highest BCUT2D eigenvalue weighted by molar-refractivity contribution is 8.76. The number of ketones is 1. The van der Waals surface area contributed by atoms with Crippen LogP contribution in [-0.2, 0) is 35.1 Å². The molecular weight excluding hydrogens is 651 g/mol. The van der Waals surface area contributed by atoms with Crippen LogP contribution in [0, 0.1) is 10.8 Å². The molecule has 0 saturated carbocycles. The molecule has 5 N–H and O–H groups in total. The first-order valence-electron chi connectivity index (χ1n) is 16.5. The number of benzene rings is 2. The van der Waals surface area contributed by atoms with Crippen molar-refractivity contribution in [1.82, 2.24) is 9.80 Å². The van der Waals surface area contributed by atoms with Crippen LogP contribution in [0.5, 0.6) is 0 Å². The van der Waals surface area contributed by atoms with E-state index in [-0.39, 0.29) is 29.9 Å². The number of Topliss-reactive ketones (excluding diaryl/α,β-unsaturated/α-hetero) is 1. The number of nitrogens with two attached hydrogens (primary N) is 2. The van der Waals surface area contributed by atoms with Crippen LogP contribution >= 0.6 is 21.6 Å². The van der Waals surface area contributed by atoms with Gasteiger partial charge in [-0.25, -0.2) is 0 Å². The Morgan fingerprint density at radius 1 is 0.792 bits per heavy atom. The summed E-state index contributed by atoms with van der Waals surface area (Å²) in [5, 5.41) is 3.09. The second kappa shape index (κ2) is 13.8. The molecule has 0 radical (unpaired) electrons. The highest BCUT2D eigenvalue weighted by atomic mass is 33.1. The fourth-order valence-electron chi connectivity index (χ4n) is 7.54.